The first kappa shape index (κ1) is 14.5. The molecule has 0 aromatic carbocycles. The van der Waals surface area contributed by atoms with E-state index in [0.29, 0.717) is 5.95 Å². The summed E-state index contributed by atoms with van der Waals surface area (Å²) in [4.78, 5) is 14.1. The van der Waals surface area contributed by atoms with Crippen molar-refractivity contribution in [3.05, 3.63) is 10.9 Å². The second-order valence-electron chi connectivity index (χ2n) is 5.92. The van der Waals surface area contributed by atoms with Gasteiger partial charge in [0.15, 0.2) is 0 Å². The normalized spacial score (nSPS) is 18.2. The van der Waals surface area contributed by atoms with Gasteiger partial charge in [0.1, 0.15) is 10.6 Å². The van der Waals surface area contributed by atoms with Crippen LogP contribution in [0.5, 0.6) is 0 Å². The zero-order valence-corrected chi connectivity index (χ0v) is 13.9. The molecule has 0 amide bonds. The van der Waals surface area contributed by atoms with E-state index in [1.165, 1.54) is 4.88 Å². The molecule has 1 aliphatic rings. The van der Waals surface area contributed by atoms with Gasteiger partial charge in [-0.25, -0.2) is 4.98 Å². The third-order valence-electron chi connectivity index (χ3n) is 3.90. The van der Waals surface area contributed by atoms with E-state index in [2.05, 4.69) is 42.0 Å². The summed E-state index contributed by atoms with van der Waals surface area (Å²) in [6.07, 6.45) is 1.03. The highest BCUT2D eigenvalue weighted by Gasteiger charge is 2.33. The highest BCUT2D eigenvalue weighted by molar-refractivity contribution is 7.18. The van der Waals surface area contributed by atoms with Crippen molar-refractivity contribution in [1.29, 1.82) is 0 Å². The Morgan fingerprint density at radius 1 is 1.43 bits per heavy atom. The summed E-state index contributed by atoms with van der Waals surface area (Å²) in [5.74, 6) is 1.71. The topological polar surface area (TPSA) is 50.3 Å². The molecule has 1 saturated heterocycles. The number of nitrogens with one attached hydrogen (secondary N) is 1. The molecule has 3 rings (SSSR count). The number of hydrogen-bond donors (Lipinski definition) is 1. The van der Waals surface area contributed by atoms with Crippen LogP contribution in [0.25, 0.3) is 10.2 Å². The van der Waals surface area contributed by atoms with Crippen molar-refractivity contribution >= 4 is 33.3 Å². The van der Waals surface area contributed by atoms with Gasteiger partial charge in [-0.15, -0.1) is 11.3 Å². The molecule has 0 bridgehead atoms. The molecule has 114 valence electrons. The van der Waals surface area contributed by atoms with Gasteiger partial charge in [-0.05, 0) is 26.3 Å². The third kappa shape index (κ3) is 2.58. The van der Waals surface area contributed by atoms with E-state index in [4.69, 9.17) is 9.72 Å². The standard InChI is InChI=1S/C15H22N4OS/c1-5-10-8-11-12(17-14(16-4)18-13(11)21-10)19-6-7-20-9-15(19,2)3/h8H,5-7,9H2,1-4H3,(H,16,17,18). The molecule has 2 aromatic heterocycles. The molecule has 0 atom stereocenters. The van der Waals surface area contributed by atoms with E-state index in [-0.39, 0.29) is 5.54 Å². The molecule has 0 spiro atoms. The first-order chi connectivity index (χ1) is 10.0. The lowest BCUT2D eigenvalue weighted by molar-refractivity contribution is 0.0641. The number of fused-ring (bicyclic) bond motifs is 1. The molecular weight excluding hydrogens is 284 g/mol. The lowest BCUT2D eigenvalue weighted by atomic mass is 10.0. The fraction of sp³-hybridized carbons (Fsp3) is 0.600. The number of aryl methyl sites for hydroxylation is 1. The number of rotatable bonds is 3. The maximum absolute atomic E-state index is 5.63. The van der Waals surface area contributed by atoms with Crippen molar-refractivity contribution in [2.75, 3.05) is 37.0 Å². The maximum Gasteiger partial charge on any atom is 0.225 e. The van der Waals surface area contributed by atoms with Crippen LogP contribution in [-0.4, -0.2) is 42.3 Å². The van der Waals surface area contributed by atoms with E-state index in [0.717, 1.165) is 42.2 Å². The molecule has 5 nitrogen and oxygen atoms in total. The predicted octanol–water partition coefficient (Wildman–Crippen LogP) is 2.91. The average Bonchev–Trinajstić information content (AvgIpc) is 2.89. The summed E-state index contributed by atoms with van der Waals surface area (Å²) in [5, 5.41) is 4.24. The summed E-state index contributed by atoms with van der Waals surface area (Å²) in [6, 6.07) is 2.24. The molecule has 3 heterocycles. The fourth-order valence-corrected chi connectivity index (χ4v) is 3.66. The van der Waals surface area contributed by atoms with E-state index in [9.17, 15) is 0 Å². The second kappa shape index (κ2) is 5.42. The van der Waals surface area contributed by atoms with Crippen LogP contribution in [0.4, 0.5) is 11.8 Å². The molecule has 0 aliphatic carbocycles. The van der Waals surface area contributed by atoms with Gasteiger partial charge >= 0.3 is 0 Å². The van der Waals surface area contributed by atoms with Crippen molar-refractivity contribution in [3.63, 3.8) is 0 Å². The Kier molecular flexibility index (Phi) is 3.75. The summed E-state index contributed by atoms with van der Waals surface area (Å²) in [5.41, 5.74) is -0.0567. The smallest absolute Gasteiger partial charge is 0.225 e. The number of anilines is 2. The summed E-state index contributed by atoms with van der Waals surface area (Å²) < 4.78 is 5.63. The molecule has 1 aliphatic heterocycles. The molecule has 6 heteroatoms. The Hall–Kier alpha value is -1.40. The van der Waals surface area contributed by atoms with Crippen LogP contribution in [0.3, 0.4) is 0 Å². The fourth-order valence-electron chi connectivity index (χ4n) is 2.70. The Balaban J connectivity index is 2.17. The molecule has 2 aromatic rings. The van der Waals surface area contributed by atoms with Crippen molar-refractivity contribution in [1.82, 2.24) is 9.97 Å². The first-order valence-electron chi connectivity index (χ1n) is 7.39. The summed E-state index contributed by atoms with van der Waals surface area (Å²) in [6.45, 7) is 8.90. The Labute approximate surface area is 129 Å². The minimum absolute atomic E-state index is 0.0567. The summed E-state index contributed by atoms with van der Waals surface area (Å²) >= 11 is 1.76. The van der Waals surface area contributed by atoms with E-state index < -0.39 is 0 Å². The lowest BCUT2D eigenvalue weighted by Gasteiger charge is -2.43. The zero-order chi connectivity index (χ0) is 15.0. The van der Waals surface area contributed by atoms with Crippen molar-refractivity contribution in [3.8, 4) is 0 Å². The molecule has 1 N–H and O–H groups in total. The first-order valence-corrected chi connectivity index (χ1v) is 8.20. The average molecular weight is 306 g/mol. The highest BCUT2D eigenvalue weighted by atomic mass is 32.1. The number of hydrogen-bond acceptors (Lipinski definition) is 6. The van der Waals surface area contributed by atoms with Crippen LogP contribution >= 0.6 is 11.3 Å². The van der Waals surface area contributed by atoms with Gasteiger partial charge in [0, 0.05) is 18.5 Å². The largest absolute Gasteiger partial charge is 0.377 e. The number of morpholine rings is 1. The number of aromatic nitrogens is 2. The van der Waals surface area contributed by atoms with E-state index in [1.54, 1.807) is 11.3 Å². The zero-order valence-electron chi connectivity index (χ0n) is 13.1. The minimum Gasteiger partial charge on any atom is -0.377 e. The maximum atomic E-state index is 5.63. The molecule has 0 radical (unpaired) electrons. The van der Waals surface area contributed by atoms with Crippen molar-refractivity contribution < 1.29 is 4.74 Å². The van der Waals surface area contributed by atoms with Crippen LogP contribution in [0.1, 0.15) is 25.6 Å². The van der Waals surface area contributed by atoms with Gasteiger partial charge in [0.05, 0.1) is 24.1 Å². The number of ether oxygens (including phenoxy) is 1. The number of nitrogens with zero attached hydrogens (tertiary/aromatic N) is 3. The Morgan fingerprint density at radius 2 is 2.24 bits per heavy atom. The predicted molar refractivity (Wildman–Crippen MR) is 88.6 cm³/mol. The Bertz CT molecular complexity index is 652. The van der Waals surface area contributed by atoms with Gasteiger partial charge in [-0.2, -0.15) is 4.98 Å². The molecule has 0 saturated carbocycles. The Morgan fingerprint density at radius 3 is 2.90 bits per heavy atom. The SMILES string of the molecule is CCc1cc2c(N3CCOCC3(C)C)nc(NC)nc2s1. The quantitative estimate of drug-likeness (QED) is 0.945. The van der Waals surface area contributed by atoms with Gasteiger partial charge < -0.3 is 15.0 Å². The van der Waals surface area contributed by atoms with Crippen LogP contribution in [0.15, 0.2) is 6.07 Å². The van der Waals surface area contributed by atoms with Gasteiger partial charge in [-0.1, -0.05) is 6.92 Å². The minimum atomic E-state index is -0.0567. The van der Waals surface area contributed by atoms with Gasteiger partial charge in [0.2, 0.25) is 5.95 Å². The molecule has 21 heavy (non-hydrogen) atoms. The monoisotopic (exact) mass is 306 g/mol. The van der Waals surface area contributed by atoms with Crippen LogP contribution in [0, 0.1) is 0 Å². The van der Waals surface area contributed by atoms with Crippen LogP contribution in [-0.2, 0) is 11.2 Å². The van der Waals surface area contributed by atoms with E-state index >= 15 is 0 Å². The lowest BCUT2D eigenvalue weighted by Crippen LogP contribution is -2.53. The van der Waals surface area contributed by atoms with Gasteiger partial charge in [0.25, 0.3) is 0 Å². The molecule has 1 fully saturated rings. The molecular formula is C15H22N4OS. The number of thiophene rings is 1. The second-order valence-corrected chi connectivity index (χ2v) is 7.04. The van der Waals surface area contributed by atoms with Crippen molar-refractivity contribution in [2.45, 2.75) is 32.7 Å². The molecule has 0 unspecified atom stereocenters. The van der Waals surface area contributed by atoms with Crippen LogP contribution < -0.4 is 10.2 Å². The summed E-state index contributed by atoms with van der Waals surface area (Å²) in [7, 11) is 1.86. The van der Waals surface area contributed by atoms with Gasteiger partial charge in [-0.3, -0.25) is 0 Å². The van der Waals surface area contributed by atoms with Crippen molar-refractivity contribution in [2.24, 2.45) is 0 Å². The van der Waals surface area contributed by atoms with Crippen LogP contribution in [0.2, 0.25) is 0 Å². The third-order valence-corrected chi connectivity index (χ3v) is 5.07. The van der Waals surface area contributed by atoms with E-state index in [1.807, 2.05) is 7.05 Å². The highest BCUT2D eigenvalue weighted by Crippen LogP contribution is 2.36.